The molecular weight excluding hydrogens is 374 g/mol. The third kappa shape index (κ3) is 4.15. The van der Waals surface area contributed by atoms with Crippen LogP contribution in [0.15, 0.2) is 47.2 Å². The Bertz CT molecular complexity index is 978. The second-order valence-corrected chi connectivity index (χ2v) is 7.31. The molecule has 2 amide bonds. The van der Waals surface area contributed by atoms with Crippen LogP contribution in [0.3, 0.4) is 0 Å². The molecule has 1 aliphatic rings. The van der Waals surface area contributed by atoms with Gasteiger partial charge in [-0.3, -0.25) is 9.59 Å². The molecule has 0 atom stereocenters. The first-order chi connectivity index (χ1) is 14.0. The van der Waals surface area contributed by atoms with Crippen molar-refractivity contribution >= 4 is 11.8 Å². The molecule has 1 fully saturated rings. The molecule has 0 aliphatic carbocycles. The number of hydrogen-bond acceptors (Lipinski definition) is 7. The van der Waals surface area contributed by atoms with Crippen LogP contribution in [-0.4, -0.2) is 55.2 Å². The van der Waals surface area contributed by atoms with E-state index in [9.17, 15) is 9.59 Å². The van der Waals surface area contributed by atoms with Crippen molar-refractivity contribution in [3.8, 4) is 0 Å². The lowest BCUT2D eigenvalue weighted by atomic mass is 9.73. The Morgan fingerprint density at radius 3 is 2.69 bits per heavy atom. The van der Waals surface area contributed by atoms with Crippen molar-refractivity contribution in [3.63, 3.8) is 0 Å². The summed E-state index contributed by atoms with van der Waals surface area (Å²) < 4.78 is 6.41. The van der Waals surface area contributed by atoms with Crippen LogP contribution in [0.1, 0.15) is 17.0 Å². The highest BCUT2D eigenvalue weighted by atomic mass is 16.5. The molecule has 0 bridgehead atoms. The Balaban J connectivity index is 1.44. The number of tetrazole rings is 1. The van der Waals surface area contributed by atoms with E-state index in [2.05, 4.69) is 26.0 Å². The first-order valence-electron chi connectivity index (χ1n) is 9.27. The van der Waals surface area contributed by atoms with Gasteiger partial charge in [0.05, 0.1) is 12.0 Å². The second kappa shape index (κ2) is 7.82. The summed E-state index contributed by atoms with van der Waals surface area (Å²) in [4.78, 5) is 27.2. The van der Waals surface area contributed by atoms with E-state index in [1.54, 1.807) is 17.9 Å². The Kier molecular flexibility index (Phi) is 5.07. The first kappa shape index (κ1) is 18.8. The number of nitrogens with one attached hydrogen (secondary N) is 1. The number of aryl methyl sites for hydroxylation is 1. The van der Waals surface area contributed by atoms with Crippen LogP contribution in [-0.2, 0) is 29.1 Å². The highest BCUT2D eigenvalue weighted by Gasteiger charge is 2.50. The number of likely N-dealkylation sites (tertiary alicyclic amines) is 1. The molecule has 0 unspecified atom stereocenters. The van der Waals surface area contributed by atoms with E-state index < -0.39 is 5.41 Å². The average Bonchev–Trinajstić information content (AvgIpc) is 3.34. The summed E-state index contributed by atoms with van der Waals surface area (Å²) in [5.74, 6) is 0.464. The SMILES string of the molecule is Cc1cc(CNC(=O)C2(Cc3ccccc3)CN(C(=O)Cn3cnnn3)C2)no1. The minimum Gasteiger partial charge on any atom is -0.361 e. The highest BCUT2D eigenvalue weighted by molar-refractivity contribution is 5.88. The predicted molar refractivity (Wildman–Crippen MR) is 100 cm³/mol. The number of carbonyl (C=O) groups is 2. The zero-order valence-corrected chi connectivity index (χ0v) is 16.0. The van der Waals surface area contributed by atoms with Gasteiger partial charge in [0.1, 0.15) is 24.3 Å². The van der Waals surface area contributed by atoms with Crippen LogP contribution < -0.4 is 5.32 Å². The summed E-state index contributed by atoms with van der Waals surface area (Å²) in [6.07, 6.45) is 1.94. The van der Waals surface area contributed by atoms with Crippen LogP contribution in [0, 0.1) is 12.3 Å². The van der Waals surface area contributed by atoms with Crippen LogP contribution in [0.4, 0.5) is 0 Å². The fourth-order valence-corrected chi connectivity index (χ4v) is 3.53. The maximum Gasteiger partial charge on any atom is 0.244 e. The van der Waals surface area contributed by atoms with Crippen LogP contribution in [0.25, 0.3) is 0 Å². The van der Waals surface area contributed by atoms with E-state index in [4.69, 9.17) is 4.52 Å². The second-order valence-electron chi connectivity index (χ2n) is 7.31. The molecule has 3 aromatic rings. The van der Waals surface area contributed by atoms with Crippen LogP contribution >= 0.6 is 0 Å². The van der Waals surface area contributed by atoms with Crippen molar-refractivity contribution in [2.75, 3.05) is 13.1 Å². The van der Waals surface area contributed by atoms with E-state index in [1.807, 2.05) is 30.3 Å². The van der Waals surface area contributed by atoms with Gasteiger partial charge in [-0.1, -0.05) is 35.5 Å². The van der Waals surface area contributed by atoms with Crippen molar-refractivity contribution in [2.45, 2.75) is 26.4 Å². The van der Waals surface area contributed by atoms with Gasteiger partial charge in [-0.25, -0.2) is 4.68 Å². The highest BCUT2D eigenvalue weighted by Crippen LogP contribution is 2.35. The standard InChI is InChI=1S/C19H21N7O3/c1-14-7-16(22-29-14)9-20-18(28)19(8-15-5-3-2-4-6-15)11-25(12-19)17(27)10-26-13-21-23-24-26/h2-7,13H,8-12H2,1H3,(H,20,28). The van der Waals surface area contributed by atoms with Crippen LogP contribution in [0.5, 0.6) is 0 Å². The maximum absolute atomic E-state index is 13.1. The number of hydrogen-bond donors (Lipinski definition) is 1. The van der Waals surface area contributed by atoms with Gasteiger partial charge >= 0.3 is 0 Å². The van der Waals surface area contributed by atoms with Crippen molar-refractivity contribution in [3.05, 3.63) is 59.7 Å². The van der Waals surface area contributed by atoms with Gasteiger partial charge in [-0.2, -0.15) is 0 Å². The molecule has 10 heteroatoms. The fraction of sp³-hybridized carbons (Fsp3) is 0.368. The van der Waals surface area contributed by atoms with Gasteiger partial charge < -0.3 is 14.7 Å². The number of benzene rings is 1. The molecule has 4 rings (SSSR count). The number of aromatic nitrogens is 5. The average molecular weight is 395 g/mol. The van der Waals surface area contributed by atoms with Gasteiger partial charge in [-0.15, -0.1) is 5.10 Å². The Labute approximate surface area is 166 Å². The fourth-order valence-electron chi connectivity index (χ4n) is 3.53. The van der Waals surface area contributed by atoms with Gasteiger partial charge in [0, 0.05) is 19.2 Å². The first-order valence-corrected chi connectivity index (χ1v) is 9.27. The van der Waals surface area contributed by atoms with Crippen molar-refractivity contribution in [1.82, 2.24) is 35.6 Å². The molecule has 10 nitrogen and oxygen atoms in total. The van der Waals surface area contributed by atoms with E-state index in [-0.39, 0.29) is 24.9 Å². The molecule has 1 saturated heterocycles. The summed E-state index contributed by atoms with van der Waals surface area (Å²) in [5.41, 5.74) is 1.03. The number of nitrogens with zero attached hydrogens (tertiary/aromatic N) is 6. The molecule has 1 aromatic carbocycles. The number of amides is 2. The Morgan fingerprint density at radius 2 is 2.03 bits per heavy atom. The zero-order valence-electron chi connectivity index (χ0n) is 16.0. The largest absolute Gasteiger partial charge is 0.361 e. The van der Waals surface area contributed by atoms with E-state index >= 15 is 0 Å². The molecule has 1 N–H and O–H groups in total. The molecule has 29 heavy (non-hydrogen) atoms. The van der Waals surface area contributed by atoms with E-state index in [0.29, 0.717) is 31.0 Å². The molecule has 0 saturated carbocycles. The molecule has 3 heterocycles. The summed E-state index contributed by atoms with van der Waals surface area (Å²) >= 11 is 0. The lowest BCUT2D eigenvalue weighted by molar-refractivity contribution is -0.154. The van der Waals surface area contributed by atoms with Gasteiger partial charge in [0.2, 0.25) is 11.8 Å². The third-order valence-electron chi connectivity index (χ3n) is 5.00. The maximum atomic E-state index is 13.1. The molecule has 150 valence electrons. The summed E-state index contributed by atoms with van der Waals surface area (Å²) in [6, 6.07) is 11.6. The number of carbonyl (C=O) groups excluding carboxylic acids is 2. The minimum absolute atomic E-state index is 0.0499. The molecule has 2 aromatic heterocycles. The van der Waals surface area contributed by atoms with Gasteiger partial charge in [0.15, 0.2) is 0 Å². The zero-order chi connectivity index (χ0) is 20.3. The normalized spacial score (nSPS) is 15.0. The van der Waals surface area contributed by atoms with Crippen LogP contribution in [0.2, 0.25) is 0 Å². The van der Waals surface area contributed by atoms with E-state index in [0.717, 1.165) is 5.56 Å². The molecule has 1 aliphatic heterocycles. The predicted octanol–water partition coefficient (Wildman–Crippen LogP) is 0.357. The topological polar surface area (TPSA) is 119 Å². The lowest BCUT2D eigenvalue weighted by Crippen LogP contribution is -2.66. The molecule has 0 radical (unpaired) electrons. The Hall–Kier alpha value is -3.56. The minimum atomic E-state index is -0.684. The summed E-state index contributed by atoms with van der Waals surface area (Å²) in [5, 5.41) is 17.6. The summed E-state index contributed by atoms with van der Waals surface area (Å²) in [7, 11) is 0. The Morgan fingerprint density at radius 1 is 1.24 bits per heavy atom. The summed E-state index contributed by atoms with van der Waals surface area (Å²) in [6.45, 7) is 2.81. The quantitative estimate of drug-likeness (QED) is 0.613. The molecule has 0 spiro atoms. The lowest BCUT2D eigenvalue weighted by Gasteiger charge is -2.49. The number of rotatable bonds is 7. The monoisotopic (exact) mass is 395 g/mol. The smallest absolute Gasteiger partial charge is 0.244 e. The van der Waals surface area contributed by atoms with E-state index in [1.165, 1.54) is 11.0 Å². The third-order valence-corrected chi connectivity index (χ3v) is 5.00. The van der Waals surface area contributed by atoms with Gasteiger partial charge in [0.25, 0.3) is 0 Å². The van der Waals surface area contributed by atoms with Crippen molar-refractivity contribution < 1.29 is 14.1 Å². The van der Waals surface area contributed by atoms with Crippen molar-refractivity contribution in [1.29, 1.82) is 0 Å². The van der Waals surface area contributed by atoms with Crippen molar-refractivity contribution in [2.24, 2.45) is 5.41 Å². The van der Waals surface area contributed by atoms with Gasteiger partial charge in [-0.05, 0) is 29.3 Å². The molecular formula is C19H21N7O3.